The van der Waals surface area contributed by atoms with E-state index in [1.165, 1.54) is 12.5 Å². The fourth-order valence-electron chi connectivity index (χ4n) is 2.68. The van der Waals surface area contributed by atoms with Gasteiger partial charge < -0.3 is 0 Å². The second-order valence-corrected chi connectivity index (χ2v) is 5.96. The number of rotatable bonds is 4. The van der Waals surface area contributed by atoms with E-state index >= 15 is 0 Å². The number of ketones is 1. The Morgan fingerprint density at radius 3 is 2.40 bits per heavy atom. The van der Waals surface area contributed by atoms with Crippen LogP contribution >= 0.6 is 0 Å². The third kappa shape index (κ3) is 3.23. The van der Waals surface area contributed by atoms with Crippen molar-refractivity contribution < 1.29 is 13.6 Å². The highest BCUT2D eigenvalue weighted by Crippen LogP contribution is 2.23. The van der Waals surface area contributed by atoms with Gasteiger partial charge in [-0.1, -0.05) is 12.5 Å². The number of halogens is 2. The van der Waals surface area contributed by atoms with Crippen LogP contribution in [0.2, 0.25) is 0 Å². The van der Waals surface area contributed by atoms with Crippen molar-refractivity contribution in [1.29, 1.82) is 0 Å². The van der Waals surface area contributed by atoms with Crippen LogP contribution < -0.4 is 0 Å². The van der Waals surface area contributed by atoms with Gasteiger partial charge in [0.25, 0.3) is 0 Å². The van der Waals surface area contributed by atoms with Gasteiger partial charge in [-0.05, 0) is 57.5 Å². The number of benzene rings is 1. The number of likely N-dealkylation sites (tertiary alicyclic amines) is 1. The van der Waals surface area contributed by atoms with E-state index in [0.717, 1.165) is 38.1 Å². The lowest BCUT2D eigenvalue weighted by Crippen LogP contribution is -2.52. The molecular weight excluding hydrogens is 260 g/mol. The molecule has 1 saturated heterocycles. The molecule has 110 valence electrons. The minimum absolute atomic E-state index is 0.0467. The molecule has 1 fully saturated rings. The predicted octanol–water partition coefficient (Wildman–Crippen LogP) is 3.34. The van der Waals surface area contributed by atoms with E-state index < -0.39 is 17.2 Å². The van der Waals surface area contributed by atoms with Crippen molar-refractivity contribution in [2.75, 3.05) is 13.1 Å². The van der Waals surface area contributed by atoms with Crippen LogP contribution in [0.1, 0.15) is 38.7 Å². The van der Waals surface area contributed by atoms with Crippen LogP contribution in [0.5, 0.6) is 0 Å². The lowest BCUT2D eigenvalue weighted by molar-refractivity contribution is -0.129. The number of carbonyl (C=O) groups excluding carboxylic acids is 1. The molecule has 0 radical (unpaired) electrons. The molecule has 20 heavy (non-hydrogen) atoms. The standard InChI is InChI=1S/C16H21F2NO/c1-16(2,19-8-4-3-5-9-19)15(20)11-12-6-7-13(17)14(18)10-12/h6-7,10H,3-5,8-9,11H2,1-2H3. The summed E-state index contributed by atoms with van der Waals surface area (Å²) in [7, 11) is 0. The predicted molar refractivity (Wildman–Crippen MR) is 74.6 cm³/mol. The van der Waals surface area contributed by atoms with Crippen molar-refractivity contribution in [2.24, 2.45) is 0 Å². The molecule has 2 nitrogen and oxygen atoms in total. The summed E-state index contributed by atoms with van der Waals surface area (Å²) in [6.07, 6.45) is 3.58. The molecule has 0 atom stereocenters. The van der Waals surface area contributed by atoms with Crippen molar-refractivity contribution in [1.82, 2.24) is 4.90 Å². The zero-order valence-corrected chi connectivity index (χ0v) is 12.1. The third-order valence-corrected chi connectivity index (χ3v) is 4.18. The summed E-state index contributed by atoms with van der Waals surface area (Å²) >= 11 is 0. The van der Waals surface area contributed by atoms with Crippen molar-refractivity contribution in [3.63, 3.8) is 0 Å². The minimum Gasteiger partial charge on any atom is -0.297 e. The summed E-state index contributed by atoms with van der Waals surface area (Å²) in [5.74, 6) is -1.73. The smallest absolute Gasteiger partial charge is 0.159 e. The van der Waals surface area contributed by atoms with E-state index in [1.807, 2.05) is 13.8 Å². The van der Waals surface area contributed by atoms with Crippen molar-refractivity contribution in [2.45, 2.75) is 45.1 Å². The molecule has 0 amide bonds. The summed E-state index contributed by atoms with van der Waals surface area (Å²) in [5.41, 5.74) is -0.0235. The van der Waals surface area contributed by atoms with Crippen LogP contribution in [0.3, 0.4) is 0 Å². The lowest BCUT2D eigenvalue weighted by Gasteiger charge is -2.39. The summed E-state index contributed by atoms with van der Waals surface area (Å²) in [5, 5.41) is 0. The Morgan fingerprint density at radius 1 is 1.15 bits per heavy atom. The highest BCUT2D eigenvalue weighted by Gasteiger charge is 2.34. The quantitative estimate of drug-likeness (QED) is 0.843. The molecule has 0 aromatic heterocycles. The molecule has 0 spiro atoms. The van der Waals surface area contributed by atoms with E-state index in [1.54, 1.807) is 0 Å². The van der Waals surface area contributed by atoms with Gasteiger partial charge in [0.2, 0.25) is 0 Å². The van der Waals surface area contributed by atoms with Crippen LogP contribution in [0.4, 0.5) is 8.78 Å². The Bertz CT molecular complexity index is 493. The van der Waals surface area contributed by atoms with Crippen LogP contribution in [0.15, 0.2) is 18.2 Å². The largest absolute Gasteiger partial charge is 0.297 e. The van der Waals surface area contributed by atoms with Gasteiger partial charge in [-0.2, -0.15) is 0 Å². The maximum absolute atomic E-state index is 13.2. The highest BCUT2D eigenvalue weighted by atomic mass is 19.2. The van der Waals surface area contributed by atoms with Gasteiger partial charge in [-0.15, -0.1) is 0 Å². The van der Waals surface area contributed by atoms with Gasteiger partial charge in [-0.3, -0.25) is 9.69 Å². The minimum atomic E-state index is -0.897. The fourth-order valence-corrected chi connectivity index (χ4v) is 2.68. The van der Waals surface area contributed by atoms with Gasteiger partial charge >= 0.3 is 0 Å². The van der Waals surface area contributed by atoms with Crippen LogP contribution in [-0.4, -0.2) is 29.3 Å². The summed E-state index contributed by atoms with van der Waals surface area (Å²) in [4.78, 5) is 14.7. The maximum atomic E-state index is 13.2. The molecule has 0 aliphatic carbocycles. The molecule has 0 bridgehead atoms. The van der Waals surface area contributed by atoms with Gasteiger partial charge in [0.1, 0.15) is 0 Å². The average molecular weight is 281 g/mol. The molecule has 1 heterocycles. The summed E-state index contributed by atoms with van der Waals surface area (Å²) in [6.45, 7) is 5.69. The van der Waals surface area contributed by atoms with Crippen molar-refractivity contribution in [3.05, 3.63) is 35.4 Å². The summed E-state index contributed by atoms with van der Waals surface area (Å²) in [6, 6.07) is 3.66. The number of hydrogen-bond donors (Lipinski definition) is 0. The Labute approximate surface area is 118 Å². The first kappa shape index (κ1) is 15.1. The molecule has 1 aliphatic heterocycles. The first-order valence-corrected chi connectivity index (χ1v) is 7.13. The molecule has 1 aliphatic rings. The third-order valence-electron chi connectivity index (χ3n) is 4.18. The zero-order chi connectivity index (χ0) is 14.8. The first-order chi connectivity index (χ1) is 9.41. The number of Topliss-reactive ketones (excluding diaryl/α,β-unsaturated/α-hetero) is 1. The Hall–Kier alpha value is -1.29. The fraction of sp³-hybridized carbons (Fsp3) is 0.562. The second kappa shape index (κ2) is 6.00. The van der Waals surface area contributed by atoms with Gasteiger partial charge in [0.15, 0.2) is 17.4 Å². The molecule has 1 aromatic carbocycles. The SMILES string of the molecule is CC(C)(C(=O)Cc1ccc(F)c(F)c1)N1CCCCC1. The maximum Gasteiger partial charge on any atom is 0.159 e. The van der Waals surface area contributed by atoms with E-state index in [-0.39, 0.29) is 12.2 Å². The normalized spacial score (nSPS) is 17.2. The second-order valence-electron chi connectivity index (χ2n) is 5.96. The lowest BCUT2D eigenvalue weighted by atomic mass is 9.90. The highest BCUT2D eigenvalue weighted by molar-refractivity contribution is 5.89. The number of nitrogens with zero attached hydrogens (tertiary/aromatic N) is 1. The average Bonchev–Trinajstić information content (AvgIpc) is 2.44. The topological polar surface area (TPSA) is 20.3 Å². The molecule has 0 N–H and O–H groups in total. The monoisotopic (exact) mass is 281 g/mol. The van der Waals surface area contributed by atoms with Crippen molar-refractivity contribution >= 4 is 5.78 Å². The number of carbonyl (C=O) groups is 1. The number of hydrogen-bond acceptors (Lipinski definition) is 2. The van der Waals surface area contributed by atoms with Crippen molar-refractivity contribution in [3.8, 4) is 0 Å². The van der Waals surface area contributed by atoms with Gasteiger partial charge in [0, 0.05) is 6.42 Å². The van der Waals surface area contributed by atoms with E-state index in [0.29, 0.717) is 5.56 Å². The molecule has 0 unspecified atom stereocenters. The van der Waals surface area contributed by atoms with Crippen LogP contribution in [-0.2, 0) is 11.2 Å². The Kier molecular flexibility index (Phi) is 4.53. The van der Waals surface area contributed by atoms with E-state index in [4.69, 9.17) is 0 Å². The number of piperidine rings is 1. The molecule has 1 aromatic rings. The van der Waals surface area contributed by atoms with E-state index in [2.05, 4.69) is 4.90 Å². The Morgan fingerprint density at radius 2 is 1.80 bits per heavy atom. The zero-order valence-electron chi connectivity index (χ0n) is 12.1. The first-order valence-electron chi connectivity index (χ1n) is 7.13. The summed E-state index contributed by atoms with van der Waals surface area (Å²) < 4.78 is 26.1. The van der Waals surface area contributed by atoms with Crippen LogP contribution in [0.25, 0.3) is 0 Å². The molecule has 0 saturated carbocycles. The van der Waals surface area contributed by atoms with Gasteiger partial charge in [-0.25, -0.2) is 8.78 Å². The van der Waals surface area contributed by atoms with Crippen LogP contribution in [0, 0.1) is 11.6 Å². The van der Waals surface area contributed by atoms with E-state index in [9.17, 15) is 13.6 Å². The Balaban J connectivity index is 2.07. The molecular formula is C16H21F2NO. The molecule has 2 rings (SSSR count). The van der Waals surface area contributed by atoms with Gasteiger partial charge in [0.05, 0.1) is 5.54 Å². The molecule has 4 heteroatoms.